The third kappa shape index (κ3) is 4.62. The summed E-state index contributed by atoms with van der Waals surface area (Å²) in [6.45, 7) is -0.543. The van der Waals surface area contributed by atoms with Gasteiger partial charge in [0.2, 0.25) is 0 Å². The van der Waals surface area contributed by atoms with E-state index in [4.69, 9.17) is 16.3 Å². The molecule has 0 aliphatic heterocycles. The Hall–Kier alpha value is -2.25. The van der Waals surface area contributed by atoms with E-state index < -0.39 is 35.1 Å². The monoisotopic (exact) mass is 369 g/mol. The fraction of sp³-hybridized carbons (Fsp3) is 0.125. The lowest BCUT2D eigenvalue weighted by Crippen LogP contribution is -2.21. The summed E-state index contributed by atoms with van der Waals surface area (Å²) in [6, 6.07) is 9.95. The second-order valence-electron chi connectivity index (χ2n) is 4.70. The highest BCUT2D eigenvalue weighted by atomic mass is 35.5. The second-order valence-corrected chi connectivity index (χ2v) is 6.46. The van der Waals surface area contributed by atoms with Gasteiger partial charge >= 0.3 is 5.97 Å². The highest BCUT2D eigenvalue weighted by Gasteiger charge is 2.16. The Labute approximate surface area is 145 Å². The van der Waals surface area contributed by atoms with Gasteiger partial charge < -0.3 is 10.1 Å². The van der Waals surface area contributed by atoms with Crippen LogP contribution in [-0.4, -0.2) is 28.9 Å². The Kier molecular flexibility index (Phi) is 6.05. The molecular formula is C16H13ClFNO4S. The largest absolute Gasteiger partial charge is 0.452 e. The Morgan fingerprint density at radius 3 is 2.62 bits per heavy atom. The molecule has 0 saturated carbocycles. The fourth-order valence-corrected chi connectivity index (χ4v) is 2.78. The molecule has 2 aromatic carbocycles. The molecule has 0 aliphatic rings. The average Bonchev–Trinajstić information content (AvgIpc) is 2.56. The van der Waals surface area contributed by atoms with Crippen LogP contribution in [0.5, 0.6) is 0 Å². The average molecular weight is 370 g/mol. The van der Waals surface area contributed by atoms with E-state index in [1.165, 1.54) is 24.5 Å². The lowest BCUT2D eigenvalue weighted by atomic mass is 10.2. The number of esters is 1. The van der Waals surface area contributed by atoms with Crippen molar-refractivity contribution in [2.75, 3.05) is 18.2 Å². The molecule has 1 N–H and O–H groups in total. The zero-order valence-electron chi connectivity index (χ0n) is 12.5. The van der Waals surface area contributed by atoms with E-state index in [9.17, 15) is 18.2 Å². The normalized spacial score (nSPS) is 11.6. The summed E-state index contributed by atoms with van der Waals surface area (Å²) in [7, 11) is -1.36. The van der Waals surface area contributed by atoms with Crippen molar-refractivity contribution in [3.8, 4) is 0 Å². The molecule has 126 valence electrons. The molecule has 0 radical (unpaired) electrons. The van der Waals surface area contributed by atoms with Gasteiger partial charge in [0, 0.05) is 11.9 Å². The van der Waals surface area contributed by atoms with Crippen molar-refractivity contribution in [3.63, 3.8) is 0 Å². The highest BCUT2D eigenvalue weighted by Crippen LogP contribution is 2.19. The number of amides is 1. The van der Waals surface area contributed by atoms with Crippen molar-refractivity contribution >= 4 is 40.0 Å². The molecule has 0 bridgehead atoms. The van der Waals surface area contributed by atoms with Crippen molar-refractivity contribution in [2.45, 2.75) is 4.90 Å². The van der Waals surface area contributed by atoms with Crippen molar-refractivity contribution in [1.29, 1.82) is 0 Å². The van der Waals surface area contributed by atoms with Gasteiger partial charge in [0.25, 0.3) is 5.91 Å². The van der Waals surface area contributed by atoms with Gasteiger partial charge in [0.1, 0.15) is 5.82 Å². The molecule has 0 spiro atoms. The summed E-state index contributed by atoms with van der Waals surface area (Å²) in [5.74, 6) is -1.97. The summed E-state index contributed by atoms with van der Waals surface area (Å²) >= 11 is 5.61. The van der Waals surface area contributed by atoms with E-state index >= 15 is 0 Å². The van der Waals surface area contributed by atoms with Gasteiger partial charge in [0.05, 0.1) is 26.3 Å². The number of carbonyl (C=O) groups is 2. The lowest BCUT2D eigenvalue weighted by Gasteiger charge is -2.09. The molecule has 0 saturated heterocycles. The third-order valence-electron chi connectivity index (χ3n) is 2.95. The van der Waals surface area contributed by atoms with Crippen LogP contribution in [0.1, 0.15) is 10.4 Å². The van der Waals surface area contributed by atoms with Gasteiger partial charge in [-0.25, -0.2) is 9.18 Å². The van der Waals surface area contributed by atoms with Crippen LogP contribution >= 0.6 is 11.6 Å². The zero-order valence-corrected chi connectivity index (χ0v) is 14.1. The predicted molar refractivity (Wildman–Crippen MR) is 89.1 cm³/mol. The molecule has 2 rings (SSSR count). The highest BCUT2D eigenvalue weighted by molar-refractivity contribution is 7.84. The summed E-state index contributed by atoms with van der Waals surface area (Å²) in [6.07, 6.45) is 1.44. The van der Waals surface area contributed by atoms with Crippen LogP contribution in [-0.2, 0) is 20.3 Å². The molecule has 0 aliphatic carbocycles. The molecule has 24 heavy (non-hydrogen) atoms. The minimum absolute atomic E-state index is 0.135. The zero-order chi connectivity index (χ0) is 17.7. The quantitative estimate of drug-likeness (QED) is 0.822. The number of hydrogen-bond donors (Lipinski definition) is 1. The van der Waals surface area contributed by atoms with E-state index in [1.807, 2.05) is 0 Å². The third-order valence-corrected chi connectivity index (χ3v) is 4.22. The molecule has 0 fully saturated rings. The van der Waals surface area contributed by atoms with Gasteiger partial charge in [0.15, 0.2) is 6.61 Å². The summed E-state index contributed by atoms with van der Waals surface area (Å²) in [4.78, 5) is 24.1. The number of nitrogens with one attached hydrogen (secondary N) is 1. The second kappa shape index (κ2) is 8.03. The van der Waals surface area contributed by atoms with Crippen molar-refractivity contribution in [3.05, 3.63) is 58.9 Å². The van der Waals surface area contributed by atoms with E-state index in [0.29, 0.717) is 4.90 Å². The maximum atomic E-state index is 13.0. The van der Waals surface area contributed by atoms with Crippen LogP contribution in [0.3, 0.4) is 0 Å². The Morgan fingerprint density at radius 1 is 1.25 bits per heavy atom. The van der Waals surface area contributed by atoms with Crippen LogP contribution in [0.15, 0.2) is 47.4 Å². The number of halogens is 2. The van der Waals surface area contributed by atoms with Crippen molar-refractivity contribution in [1.82, 2.24) is 0 Å². The Bertz CT molecular complexity index is 812. The number of ether oxygens (including phenoxy) is 1. The van der Waals surface area contributed by atoms with Crippen LogP contribution in [0.25, 0.3) is 0 Å². The number of anilines is 1. The first-order valence-electron chi connectivity index (χ1n) is 6.73. The van der Waals surface area contributed by atoms with E-state index in [1.54, 1.807) is 18.2 Å². The van der Waals surface area contributed by atoms with Gasteiger partial charge in [-0.1, -0.05) is 23.7 Å². The summed E-state index contributed by atoms with van der Waals surface area (Å²) in [5, 5.41) is 2.29. The lowest BCUT2D eigenvalue weighted by molar-refractivity contribution is -0.119. The van der Waals surface area contributed by atoms with E-state index in [0.717, 1.165) is 6.07 Å². The van der Waals surface area contributed by atoms with Gasteiger partial charge in [-0.15, -0.1) is 0 Å². The number of benzene rings is 2. The standard InChI is InChI=1S/C16H13ClFNO4S/c1-24(22)14-5-3-2-4-11(14)16(21)23-9-15(20)19-10-6-7-13(18)12(17)8-10/h2-8H,9H2,1H3,(H,19,20)/t24-/m1/s1. The van der Waals surface area contributed by atoms with Gasteiger partial charge in [-0.3, -0.25) is 9.00 Å². The minimum Gasteiger partial charge on any atom is -0.452 e. The van der Waals surface area contributed by atoms with Gasteiger partial charge in [-0.2, -0.15) is 0 Å². The fourth-order valence-electron chi connectivity index (χ4n) is 1.87. The van der Waals surface area contributed by atoms with Gasteiger partial charge in [-0.05, 0) is 30.3 Å². The SMILES string of the molecule is C[S@@](=O)c1ccccc1C(=O)OCC(=O)Nc1ccc(F)c(Cl)c1. The minimum atomic E-state index is -1.36. The topological polar surface area (TPSA) is 72.5 Å². The molecule has 8 heteroatoms. The first kappa shape index (κ1) is 18.1. The summed E-state index contributed by atoms with van der Waals surface area (Å²) < 4.78 is 29.5. The number of carbonyl (C=O) groups excluding carboxylic acids is 2. The molecule has 5 nitrogen and oxygen atoms in total. The smallest absolute Gasteiger partial charge is 0.339 e. The number of hydrogen-bond acceptors (Lipinski definition) is 4. The predicted octanol–water partition coefficient (Wildman–Crippen LogP) is 3.01. The van der Waals surface area contributed by atoms with Crippen molar-refractivity contribution in [2.24, 2.45) is 0 Å². The van der Waals surface area contributed by atoms with Crippen LogP contribution in [0.4, 0.5) is 10.1 Å². The van der Waals surface area contributed by atoms with Crippen LogP contribution in [0.2, 0.25) is 5.02 Å². The number of rotatable bonds is 5. The molecular weight excluding hydrogens is 357 g/mol. The Morgan fingerprint density at radius 2 is 1.96 bits per heavy atom. The maximum absolute atomic E-state index is 13.0. The molecule has 0 aromatic heterocycles. The molecule has 0 unspecified atom stereocenters. The first-order valence-corrected chi connectivity index (χ1v) is 8.66. The maximum Gasteiger partial charge on any atom is 0.339 e. The molecule has 2 aromatic rings. The van der Waals surface area contributed by atoms with Crippen molar-refractivity contribution < 1.29 is 22.9 Å². The molecule has 0 heterocycles. The first-order chi connectivity index (χ1) is 11.4. The van der Waals surface area contributed by atoms with E-state index in [2.05, 4.69) is 5.32 Å². The van der Waals surface area contributed by atoms with E-state index in [-0.39, 0.29) is 16.3 Å². The van der Waals surface area contributed by atoms with Crippen LogP contribution < -0.4 is 5.32 Å². The Balaban J connectivity index is 1.97. The van der Waals surface area contributed by atoms with Crippen LogP contribution in [0, 0.1) is 5.82 Å². The molecule has 1 amide bonds. The molecule has 1 atom stereocenters. The summed E-state index contributed by atoms with van der Waals surface area (Å²) in [5.41, 5.74) is 0.411.